The Morgan fingerprint density at radius 2 is 1.92 bits per heavy atom. The zero-order valence-electron chi connectivity index (χ0n) is 9.02. The first-order chi connectivity index (χ1) is 6.31. The largest absolute Gasteiger partial charge is 0.381 e. The Morgan fingerprint density at radius 3 is 2.54 bits per heavy atom. The lowest BCUT2D eigenvalue weighted by Crippen LogP contribution is -2.03. The van der Waals surface area contributed by atoms with Crippen molar-refractivity contribution in [3.63, 3.8) is 0 Å². The topological polar surface area (TPSA) is 9.23 Å². The van der Waals surface area contributed by atoms with Crippen molar-refractivity contribution >= 4 is 11.6 Å². The Balaban J connectivity index is 2.97. The number of alkyl halides is 1. The average molecular weight is 207 g/mol. The summed E-state index contributed by atoms with van der Waals surface area (Å²) < 4.78 is 5.51. The van der Waals surface area contributed by atoms with E-state index in [1.54, 1.807) is 0 Å². The highest BCUT2D eigenvalue weighted by Gasteiger charge is 2.00. The normalized spacial score (nSPS) is 13.2. The molecule has 0 saturated carbocycles. The van der Waals surface area contributed by atoms with Gasteiger partial charge in [0.25, 0.3) is 0 Å². The summed E-state index contributed by atoms with van der Waals surface area (Å²) in [6, 6.07) is 0. The van der Waals surface area contributed by atoms with E-state index in [0.717, 1.165) is 31.9 Å². The molecule has 0 aromatic carbocycles. The molecule has 0 N–H and O–H groups in total. The van der Waals surface area contributed by atoms with Crippen molar-refractivity contribution in [3.8, 4) is 0 Å². The fourth-order valence-corrected chi connectivity index (χ4v) is 1.54. The van der Waals surface area contributed by atoms with Crippen LogP contribution in [0.2, 0.25) is 0 Å². The molecule has 0 saturated heterocycles. The van der Waals surface area contributed by atoms with Gasteiger partial charge in [-0.2, -0.15) is 0 Å². The number of ether oxygens (including phenoxy) is 1. The van der Waals surface area contributed by atoms with E-state index in [0.29, 0.717) is 5.92 Å². The molecule has 0 rings (SSSR count). The second-order valence-electron chi connectivity index (χ2n) is 3.69. The molecule has 0 bridgehead atoms. The number of hydrogen-bond donors (Lipinski definition) is 0. The summed E-state index contributed by atoms with van der Waals surface area (Å²) in [6.45, 7) is 6.28. The number of halogens is 1. The monoisotopic (exact) mass is 206 g/mol. The van der Waals surface area contributed by atoms with Crippen LogP contribution in [0.4, 0.5) is 0 Å². The molecule has 13 heavy (non-hydrogen) atoms. The van der Waals surface area contributed by atoms with Gasteiger partial charge in [0.05, 0.1) is 0 Å². The van der Waals surface area contributed by atoms with Crippen molar-refractivity contribution in [2.24, 2.45) is 5.92 Å². The van der Waals surface area contributed by atoms with Crippen LogP contribution in [0.25, 0.3) is 0 Å². The van der Waals surface area contributed by atoms with E-state index < -0.39 is 0 Å². The molecule has 0 fully saturated rings. The number of rotatable bonds is 9. The molecule has 1 unspecified atom stereocenters. The first-order valence-electron chi connectivity index (χ1n) is 5.45. The summed E-state index contributed by atoms with van der Waals surface area (Å²) in [5.41, 5.74) is 0. The van der Waals surface area contributed by atoms with E-state index >= 15 is 0 Å². The Hall–Kier alpha value is 0.250. The van der Waals surface area contributed by atoms with Crippen LogP contribution >= 0.6 is 11.6 Å². The predicted octanol–water partition coefficient (Wildman–Crippen LogP) is 3.85. The lowest BCUT2D eigenvalue weighted by Gasteiger charge is -2.09. The first-order valence-corrected chi connectivity index (χ1v) is 5.98. The van der Waals surface area contributed by atoms with Crippen molar-refractivity contribution in [2.45, 2.75) is 46.0 Å². The predicted molar refractivity (Wildman–Crippen MR) is 59.5 cm³/mol. The van der Waals surface area contributed by atoms with Gasteiger partial charge in [0, 0.05) is 19.1 Å². The van der Waals surface area contributed by atoms with Crippen LogP contribution in [0.5, 0.6) is 0 Å². The van der Waals surface area contributed by atoms with E-state index in [-0.39, 0.29) is 0 Å². The zero-order chi connectivity index (χ0) is 9.94. The summed E-state index contributed by atoms with van der Waals surface area (Å²) in [5.74, 6) is 1.49. The minimum atomic E-state index is 0.712. The van der Waals surface area contributed by atoms with Crippen LogP contribution in [-0.4, -0.2) is 19.1 Å². The Bertz CT molecular complexity index is 96.1. The van der Waals surface area contributed by atoms with Crippen LogP contribution < -0.4 is 0 Å². The maximum atomic E-state index is 5.64. The van der Waals surface area contributed by atoms with Gasteiger partial charge in [-0.1, -0.05) is 26.7 Å². The van der Waals surface area contributed by atoms with Crippen LogP contribution in [0.3, 0.4) is 0 Å². The van der Waals surface area contributed by atoms with E-state index in [1.165, 1.54) is 19.3 Å². The number of unbranched alkanes of at least 4 members (excludes halogenated alkanes) is 2. The molecule has 0 aliphatic heterocycles. The highest BCUT2D eigenvalue weighted by molar-refractivity contribution is 6.17. The molecular weight excluding hydrogens is 184 g/mol. The maximum absolute atomic E-state index is 5.64. The third kappa shape index (κ3) is 10.2. The fraction of sp³-hybridized carbons (Fsp3) is 1.00. The van der Waals surface area contributed by atoms with Gasteiger partial charge in [-0.3, -0.25) is 0 Å². The van der Waals surface area contributed by atoms with Crippen molar-refractivity contribution < 1.29 is 4.74 Å². The van der Waals surface area contributed by atoms with E-state index in [4.69, 9.17) is 16.3 Å². The second kappa shape index (κ2) is 10.3. The molecule has 1 atom stereocenters. The molecule has 0 heterocycles. The van der Waals surface area contributed by atoms with Crippen LogP contribution in [0.15, 0.2) is 0 Å². The van der Waals surface area contributed by atoms with Gasteiger partial charge in [-0.15, -0.1) is 11.6 Å². The van der Waals surface area contributed by atoms with Crippen molar-refractivity contribution in [3.05, 3.63) is 0 Å². The molecule has 0 aliphatic carbocycles. The Kier molecular flexibility index (Phi) is 10.5. The molecule has 0 radical (unpaired) electrons. The van der Waals surface area contributed by atoms with Gasteiger partial charge in [0.15, 0.2) is 0 Å². The fourth-order valence-electron chi connectivity index (χ4n) is 1.17. The molecule has 0 aliphatic rings. The molecule has 0 aromatic rings. The van der Waals surface area contributed by atoms with Gasteiger partial charge in [0.1, 0.15) is 0 Å². The minimum absolute atomic E-state index is 0.712. The molecular formula is C11H23ClO. The van der Waals surface area contributed by atoms with Crippen LogP contribution in [0, 0.1) is 5.92 Å². The molecule has 0 spiro atoms. The summed E-state index contributed by atoms with van der Waals surface area (Å²) in [6.07, 6.45) is 6.03. The van der Waals surface area contributed by atoms with Gasteiger partial charge in [-0.25, -0.2) is 0 Å². The Morgan fingerprint density at radius 1 is 1.15 bits per heavy atom. The summed E-state index contributed by atoms with van der Waals surface area (Å²) in [5, 5.41) is 0. The van der Waals surface area contributed by atoms with Gasteiger partial charge in [-0.05, 0) is 25.2 Å². The standard InChI is InChI=1S/C11H23ClO/c1-3-4-5-9-13-10-7-11(2)6-8-12/h11H,3-10H2,1-2H3. The first kappa shape index (κ1) is 13.2. The molecule has 0 aromatic heterocycles. The van der Waals surface area contributed by atoms with Gasteiger partial charge >= 0.3 is 0 Å². The lowest BCUT2D eigenvalue weighted by molar-refractivity contribution is 0.118. The van der Waals surface area contributed by atoms with Crippen molar-refractivity contribution in [1.29, 1.82) is 0 Å². The summed E-state index contributed by atoms with van der Waals surface area (Å²) in [4.78, 5) is 0. The number of hydrogen-bond acceptors (Lipinski definition) is 1. The van der Waals surface area contributed by atoms with E-state index in [1.807, 2.05) is 0 Å². The lowest BCUT2D eigenvalue weighted by atomic mass is 10.1. The van der Waals surface area contributed by atoms with Gasteiger partial charge < -0.3 is 4.74 Å². The van der Waals surface area contributed by atoms with Gasteiger partial charge in [0.2, 0.25) is 0 Å². The smallest absolute Gasteiger partial charge is 0.0468 e. The highest BCUT2D eigenvalue weighted by atomic mass is 35.5. The zero-order valence-corrected chi connectivity index (χ0v) is 9.78. The highest BCUT2D eigenvalue weighted by Crippen LogP contribution is 2.08. The summed E-state index contributed by atoms with van der Waals surface area (Å²) >= 11 is 5.64. The molecule has 80 valence electrons. The minimum Gasteiger partial charge on any atom is -0.381 e. The molecule has 1 nitrogen and oxygen atoms in total. The van der Waals surface area contributed by atoms with E-state index in [9.17, 15) is 0 Å². The Labute approximate surface area is 87.8 Å². The third-order valence-electron chi connectivity index (χ3n) is 2.25. The summed E-state index contributed by atoms with van der Waals surface area (Å²) in [7, 11) is 0. The van der Waals surface area contributed by atoms with Crippen LogP contribution in [0.1, 0.15) is 46.0 Å². The van der Waals surface area contributed by atoms with Crippen molar-refractivity contribution in [2.75, 3.05) is 19.1 Å². The quantitative estimate of drug-likeness (QED) is 0.411. The molecule has 0 amide bonds. The SMILES string of the molecule is CCCCCOCCC(C)CCCl. The average Bonchev–Trinajstić information content (AvgIpc) is 2.11. The maximum Gasteiger partial charge on any atom is 0.0468 e. The van der Waals surface area contributed by atoms with E-state index in [2.05, 4.69) is 13.8 Å². The van der Waals surface area contributed by atoms with Crippen molar-refractivity contribution in [1.82, 2.24) is 0 Å². The second-order valence-corrected chi connectivity index (χ2v) is 4.07. The third-order valence-corrected chi connectivity index (χ3v) is 2.47. The molecule has 2 heteroatoms. The van der Waals surface area contributed by atoms with Crippen LogP contribution in [-0.2, 0) is 4.74 Å².